The molecular formula is C22H26O2. The highest BCUT2D eigenvalue weighted by Gasteiger charge is 2.06. The summed E-state index contributed by atoms with van der Waals surface area (Å²) < 4.78 is 5.21. The number of hydrogen-bond acceptors (Lipinski definition) is 2. The summed E-state index contributed by atoms with van der Waals surface area (Å²) in [6, 6.07) is 18.5. The van der Waals surface area contributed by atoms with E-state index in [1.54, 1.807) is 0 Å². The summed E-state index contributed by atoms with van der Waals surface area (Å²) >= 11 is 0. The Kier molecular flexibility index (Phi) is 6.80. The van der Waals surface area contributed by atoms with Crippen LogP contribution in [0, 0.1) is 0 Å². The quantitative estimate of drug-likeness (QED) is 0.489. The number of allylic oxidation sites excluding steroid dienone is 1. The summed E-state index contributed by atoms with van der Waals surface area (Å²) in [5.41, 5.74) is 3.71. The van der Waals surface area contributed by atoms with Gasteiger partial charge in [-0.1, -0.05) is 75.4 Å². The highest BCUT2D eigenvalue weighted by molar-refractivity contribution is 5.70. The third-order valence-corrected chi connectivity index (χ3v) is 4.13. The Morgan fingerprint density at radius 2 is 1.71 bits per heavy atom. The van der Waals surface area contributed by atoms with Crippen molar-refractivity contribution < 1.29 is 9.53 Å². The normalized spacial score (nSPS) is 12.5. The van der Waals surface area contributed by atoms with Gasteiger partial charge >= 0.3 is 5.97 Å². The van der Waals surface area contributed by atoms with Crippen molar-refractivity contribution in [1.82, 2.24) is 0 Å². The van der Waals surface area contributed by atoms with E-state index in [2.05, 4.69) is 45.0 Å². The minimum atomic E-state index is -0.196. The van der Waals surface area contributed by atoms with E-state index in [9.17, 15) is 4.79 Å². The molecule has 0 aliphatic rings. The van der Waals surface area contributed by atoms with E-state index in [0.717, 1.165) is 5.56 Å². The molecule has 0 aromatic heterocycles. The maximum atomic E-state index is 11.8. The lowest BCUT2D eigenvalue weighted by atomic mass is 9.95. The summed E-state index contributed by atoms with van der Waals surface area (Å²) in [7, 11) is 0. The molecule has 1 unspecified atom stereocenters. The lowest BCUT2D eigenvalue weighted by Gasteiger charge is -2.11. The van der Waals surface area contributed by atoms with Crippen LogP contribution in [0.25, 0.3) is 0 Å². The molecule has 1 atom stereocenters. The molecule has 2 rings (SSSR count). The number of rotatable bonds is 7. The van der Waals surface area contributed by atoms with Gasteiger partial charge in [0.1, 0.15) is 0 Å². The third-order valence-electron chi connectivity index (χ3n) is 4.13. The molecule has 0 spiro atoms. The van der Waals surface area contributed by atoms with Crippen molar-refractivity contribution in [3.8, 4) is 0 Å². The van der Waals surface area contributed by atoms with E-state index >= 15 is 0 Å². The number of aryl methyl sites for hydroxylation is 1. The van der Waals surface area contributed by atoms with Gasteiger partial charge in [0.15, 0.2) is 0 Å². The SMILES string of the molecule is CC(C)c1cccc(C(C)C=COC(=O)CCc2ccccc2)c1. The minimum Gasteiger partial charge on any atom is -0.435 e. The zero-order valence-electron chi connectivity index (χ0n) is 14.7. The fourth-order valence-corrected chi connectivity index (χ4v) is 2.50. The molecule has 2 aromatic carbocycles. The average Bonchev–Trinajstić information content (AvgIpc) is 2.61. The van der Waals surface area contributed by atoms with Crippen LogP contribution in [0.1, 0.15) is 55.7 Å². The summed E-state index contributed by atoms with van der Waals surface area (Å²) in [4.78, 5) is 11.8. The first-order valence-electron chi connectivity index (χ1n) is 8.56. The van der Waals surface area contributed by atoms with Crippen LogP contribution in [0.15, 0.2) is 66.9 Å². The van der Waals surface area contributed by atoms with E-state index in [1.165, 1.54) is 17.4 Å². The van der Waals surface area contributed by atoms with Gasteiger partial charge in [-0.25, -0.2) is 0 Å². The molecule has 0 amide bonds. The third kappa shape index (κ3) is 5.69. The molecule has 126 valence electrons. The van der Waals surface area contributed by atoms with Crippen molar-refractivity contribution in [2.45, 2.75) is 45.4 Å². The van der Waals surface area contributed by atoms with Crippen LogP contribution < -0.4 is 0 Å². The van der Waals surface area contributed by atoms with Gasteiger partial charge in [-0.3, -0.25) is 4.79 Å². The Bertz CT molecular complexity index is 671. The zero-order valence-corrected chi connectivity index (χ0v) is 14.7. The number of carbonyl (C=O) groups excluding carboxylic acids is 1. The Hall–Kier alpha value is -2.35. The molecule has 0 aliphatic carbocycles. The maximum absolute atomic E-state index is 11.8. The van der Waals surface area contributed by atoms with Gasteiger partial charge in [-0.15, -0.1) is 0 Å². The molecule has 0 N–H and O–H groups in total. The second-order valence-electron chi connectivity index (χ2n) is 6.42. The molecule has 0 bridgehead atoms. The second-order valence-corrected chi connectivity index (χ2v) is 6.42. The lowest BCUT2D eigenvalue weighted by molar-refractivity contribution is -0.138. The molecule has 0 heterocycles. The van der Waals surface area contributed by atoms with Crippen LogP contribution in [0.3, 0.4) is 0 Å². The first-order chi connectivity index (χ1) is 11.6. The monoisotopic (exact) mass is 322 g/mol. The summed E-state index contributed by atoms with van der Waals surface area (Å²) in [6.07, 6.45) is 4.56. The van der Waals surface area contributed by atoms with E-state index < -0.39 is 0 Å². The molecule has 2 nitrogen and oxygen atoms in total. The van der Waals surface area contributed by atoms with Gasteiger partial charge in [0.2, 0.25) is 0 Å². The van der Waals surface area contributed by atoms with E-state index in [-0.39, 0.29) is 11.9 Å². The van der Waals surface area contributed by atoms with Crippen LogP contribution in [0.5, 0.6) is 0 Å². The zero-order chi connectivity index (χ0) is 17.4. The van der Waals surface area contributed by atoms with Crippen LogP contribution >= 0.6 is 0 Å². The van der Waals surface area contributed by atoms with Crippen LogP contribution in [0.2, 0.25) is 0 Å². The van der Waals surface area contributed by atoms with Crippen molar-refractivity contribution in [1.29, 1.82) is 0 Å². The lowest BCUT2D eigenvalue weighted by Crippen LogP contribution is -2.02. The van der Waals surface area contributed by atoms with Crippen molar-refractivity contribution in [3.63, 3.8) is 0 Å². The van der Waals surface area contributed by atoms with Crippen LogP contribution in [-0.4, -0.2) is 5.97 Å². The molecule has 0 saturated carbocycles. The Balaban J connectivity index is 1.82. The Morgan fingerprint density at radius 3 is 2.42 bits per heavy atom. The first-order valence-corrected chi connectivity index (χ1v) is 8.56. The van der Waals surface area contributed by atoms with E-state index in [0.29, 0.717) is 18.8 Å². The highest BCUT2D eigenvalue weighted by atomic mass is 16.5. The van der Waals surface area contributed by atoms with Gasteiger partial charge in [0, 0.05) is 12.3 Å². The first kappa shape index (κ1) is 18.0. The molecule has 0 fully saturated rings. The van der Waals surface area contributed by atoms with Gasteiger partial charge in [0.25, 0.3) is 0 Å². The summed E-state index contributed by atoms with van der Waals surface area (Å²) in [5.74, 6) is 0.529. The minimum absolute atomic E-state index is 0.196. The smallest absolute Gasteiger partial charge is 0.310 e. The number of benzene rings is 2. The fraction of sp³-hybridized carbons (Fsp3) is 0.318. The van der Waals surface area contributed by atoms with Gasteiger partial charge in [-0.2, -0.15) is 0 Å². The van der Waals surface area contributed by atoms with Gasteiger partial charge < -0.3 is 4.74 Å². The maximum Gasteiger partial charge on any atom is 0.310 e. The Morgan fingerprint density at radius 1 is 1.00 bits per heavy atom. The van der Waals surface area contributed by atoms with Crippen LogP contribution in [-0.2, 0) is 16.0 Å². The topological polar surface area (TPSA) is 26.3 Å². The molecule has 2 aromatic rings. The van der Waals surface area contributed by atoms with Gasteiger partial charge in [0.05, 0.1) is 6.26 Å². The van der Waals surface area contributed by atoms with Crippen molar-refractivity contribution >= 4 is 5.97 Å². The van der Waals surface area contributed by atoms with Crippen molar-refractivity contribution in [2.75, 3.05) is 0 Å². The number of esters is 1. The predicted octanol–water partition coefficient (Wildman–Crippen LogP) is 5.60. The number of carbonyl (C=O) groups is 1. The Labute approximate surface area is 145 Å². The second kappa shape index (κ2) is 9.07. The molecule has 0 radical (unpaired) electrons. The van der Waals surface area contributed by atoms with Crippen LogP contribution in [0.4, 0.5) is 0 Å². The molecule has 24 heavy (non-hydrogen) atoms. The molecule has 0 aliphatic heterocycles. The van der Waals surface area contributed by atoms with E-state index in [1.807, 2.05) is 36.4 Å². The predicted molar refractivity (Wildman–Crippen MR) is 98.9 cm³/mol. The molecular weight excluding hydrogens is 296 g/mol. The summed E-state index contributed by atoms with van der Waals surface area (Å²) in [5, 5.41) is 0. The summed E-state index contributed by atoms with van der Waals surface area (Å²) in [6.45, 7) is 6.48. The standard InChI is InChI=1S/C22H26O2/c1-17(2)20-10-7-11-21(16-20)18(3)14-15-24-22(23)13-12-19-8-5-4-6-9-19/h4-11,14-18H,12-13H2,1-3H3. The highest BCUT2D eigenvalue weighted by Crippen LogP contribution is 2.22. The largest absolute Gasteiger partial charge is 0.435 e. The molecule has 2 heteroatoms. The van der Waals surface area contributed by atoms with Gasteiger partial charge in [-0.05, 0) is 35.1 Å². The number of hydrogen-bond donors (Lipinski definition) is 0. The average molecular weight is 322 g/mol. The van der Waals surface area contributed by atoms with Crippen molar-refractivity contribution in [2.24, 2.45) is 0 Å². The van der Waals surface area contributed by atoms with Crippen molar-refractivity contribution in [3.05, 3.63) is 83.6 Å². The number of ether oxygens (including phenoxy) is 1. The fourth-order valence-electron chi connectivity index (χ4n) is 2.50. The molecule has 0 saturated heterocycles. The van der Waals surface area contributed by atoms with E-state index in [4.69, 9.17) is 4.74 Å².